The van der Waals surface area contributed by atoms with Crippen molar-refractivity contribution in [2.24, 2.45) is 0 Å². The Labute approximate surface area is 139 Å². The maximum atomic E-state index is 11.2. The summed E-state index contributed by atoms with van der Waals surface area (Å²) in [6.45, 7) is 4.96. The summed E-state index contributed by atoms with van der Waals surface area (Å²) in [5.41, 5.74) is 0. The van der Waals surface area contributed by atoms with E-state index >= 15 is 0 Å². The molecule has 7 heteroatoms. The summed E-state index contributed by atoms with van der Waals surface area (Å²) in [6, 6.07) is 4.22. The number of aromatic nitrogens is 3. The summed E-state index contributed by atoms with van der Waals surface area (Å²) in [5.74, 6) is 0.766. The highest BCUT2D eigenvalue weighted by Crippen LogP contribution is 2.25. The van der Waals surface area contributed by atoms with Crippen molar-refractivity contribution < 1.29 is 9.53 Å². The molecule has 0 aromatic carbocycles. The molecule has 2 aromatic heterocycles. The molecule has 0 N–H and O–H groups in total. The molecule has 0 aliphatic rings. The molecule has 22 heavy (non-hydrogen) atoms. The van der Waals surface area contributed by atoms with Gasteiger partial charge in [-0.1, -0.05) is 24.8 Å². The predicted molar refractivity (Wildman–Crippen MR) is 89.4 cm³/mol. The first kappa shape index (κ1) is 17.0. The number of rotatable bonds is 8. The summed E-state index contributed by atoms with van der Waals surface area (Å²) in [5, 5.41) is 11.8. The molecule has 120 valence electrons. The first-order valence-electron chi connectivity index (χ1n) is 7.25. The number of nitrogens with zero attached hydrogens (tertiary/aromatic N) is 3. The monoisotopic (exact) mass is 339 g/mol. The Morgan fingerprint density at radius 1 is 1.50 bits per heavy atom. The van der Waals surface area contributed by atoms with E-state index in [1.54, 1.807) is 23.1 Å². The molecule has 2 heterocycles. The van der Waals surface area contributed by atoms with E-state index in [0.717, 1.165) is 30.4 Å². The number of carbonyl (C=O) groups is 1. The number of methoxy groups -OCH3 is 1. The van der Waals surface area contributed by atoms with Crippen molar-refractivity contribution in [3.8, 4) is 0 Å². The Morgan fingerprint density at radius 3 is 3.00 bits per heavy atom. The van der Waals surface area contributed by atoms with Gasteiger partial charge in [0.15, 0.2) is 5.16 Å². The molecule has 1 atom stereocenters. The minimum absolute atomic E-state index is 0.164. The van der Waals surface area contributed by atoms with Gasteiger partial charge in [0.1, 0.15) is 5.82 Å². The third kappa shape index (κ3) is 4.84. The van der Waals surface area contributed by atoms with Crippen LogP contribution < -0.4 is 0 Å². The number of aryl methyl sites for hydroxylation is 2. The van der Waals surface area contributed by atoms with Crippen LogP contribution >= 0.6 is 23.1 Å². The Balaban J connectivity index is 1.92. The van der Waals surface area contributed by atoms with E-state index in [4.69, 9.17) is 0 Å². The van der Waals surface area contributed by atoms with Crippen LogP contribution in [0.4, 0.5) is 0 Å². The smallest absolute Gasteiger partial charge is 0.305 e. The average molecular weight is 339 g/mol. The lowest BCUT2D eigenvalue weighted by molar-refractivity contribution is -0.140. The second-order valence-electron chi connectivity index (χ2n) is 5.05. The van der Waals surface area contributed by atoms with Crippen LogP contribution in [0.15, 0.2) is 22.7 Å². The summed E-state index contributed by atoms with van der Waals surface area (Å²) in [4.78, 5) is 12.6. The molecule has 0 aliphatic heterocycles. The lowest BCUT2D eigenvalue weighted by Gasteiger charge is -2.12. The van der Waals surface area contributed by atoms with Gasteiger partial charge in [-0.15, -0.1) is 21.5 Å². The number of carbonyl (C=O) groups excluding carboxylic acids is 1. The van der Waals surface area contributed by atoms with Gasteiger partial charge in [0, 0.05) is 23.1 Å². The maximum Gasteiger partial charge on any atom is 0.305 e. The van der Waals surface area contributed by atoms with Gasteiger partial charge in [-0.2, -0.15) is 0 Å². The summed E-state index contributed by atoms with van der Waals surface area (Å²) < 4.78 is 6.83. The summed E-state index contributed by atoms with van der Waals surface area (Å²) in [7, 11) is 1.42. The fraction of sp³-hybridized carbons (Fsp3) is 0.533. The molecule has 5 nitrogen and oxygen atoms in total. The van der Waals surface area contributed by atoms with Crippen LogP contribution in [0.2, 0.25) is 0 Å². The predicted octanol–water partition coefficient (Wildman–Crippen LogP) is 3.32. The van der Waals surface area contributed by atoms with Crippen LogP contribution in [-0.2, 0) is 22.5 Å². The highest BCUT2D eigenvalue weighted by atomic mass is 32.2. The lowest BCUT2D eigenvalue weighted by Crippen LogP contribution is -2.08. The number of hydrogen-bond donors (Lipinski definition) is 0. The molecule has 0 saturated carbocycles. The second-order valence-corrected chi connectivity index (χ2v) is 7.49. The zero-order valence-corrected chi connectivity index (χ0v) is 14.7. The largest absolute Gasteiger partial charge is 0.469 e. The summed E-state index contributed by atoms with van der Waals surface area (Å²) in [6.07, 6.45) is 2.20. The van der Waals surface area contributed by atoms with E-state index in [1.165, 1.54) is 12.0 Å². The maximum absolute atomic E-state index is 11.2. The number of esters is 1. The van der Waals surface area contributed by atoms with Crippen molar-refractivity contribution in [3.05, 3.63) is 28.2 Å². The van der Waals surface area contributed by atoms with Gasteiger partial charge in [0.25, 0.3) is 0 Å². The van der Waals surface area contributed by atoms with Gasteiger partial charge in [-0.3, -0.25) is 4.79 Å². The molecule has 0 aliphatic carbocycles. The molecule has 0 spiro atoms. The molecule has 2 rings (SSSR count). The molecule has 0 saturated heterocycles. The van der Waals surface area contributed by atoms with Crippen LogP contribution in [-0.4, -0.2) is 33.1 Å². The second kappa shape index (κ2) is 8.33. The van der Waals surface area contributed by atoms with Crippen molar-refractivity contribution in [3.63, 3.8) is 0 Å². The van der Waals surface area contributed by atoms with E-state index in [9.17, 15) is 4.79 Å². The molecule has 0 fully saturated rings. The molecule has 0 amide bonds. The van der Waals surface area contributed by atoms with Crippen molar-refractivity contribution in [1.82, 2.24) is 14.8 Å². The molecular weight excluding hydrogens is 318 g/mol. The van der Waals surface area contributed by atoms with Gasteiger partial charge in [0.2, 0.25) is 0 Å². The fourth-order valence-electron chi connectivity index (χ4n) is 2.05. The number of thioether (sulfide) groups is 1. The Morgan fingerprint density at radius 2 is 2.32 bits per heavy atom. The normalized spacial score (nSPS) is 12.3. The quantitative estimate of drug-likeness (QED) is 0.545. The number of hydrogen-bond acceptors (Lipinski definition) is 6. The van der Waals surface area contributed by atoms with Crippen LogP contribution in [0, 0.1) is 6.92 Å². The molecule has 0 radical (unpaired) electrons. The molecular formula is C15H21N3O2S2. The van der Waals surface area contributed by atoms with Crippen molar-refractivity contribution >= 4 is 29.1 Å². The number of ether oxygens (including phenoxy) is 1. The third-order valence-corrected chi connectivity index (χ3v) is 5.44. The van der Waals surface area contributed by atoms with Crippen LogP contribution in [0.25, 0.3) is 0 Å². The van der Waals surface area contributed by atoms with E-state index in [0.29, 0.717) is 11.7 Å². The minimum atomic E-state index is -0.164. The van der Waals surface area contributed by atoms with E-state index in [-0.39, 0.29) is 5.97 Å². The highest BCUT2D eigenvalue weighted by molar-refractivity contribution is 7.99. The fourth-order valence-corrected chi connectivity index (χ4v) is 3.78. The van der Waals surface area contributed by atoms with Crippen LogP contribution in [0.5, 0.6) is 0 Å². The van der Waals surface area contributed by atoms with Crippen molar-refractivity contribution in [2.75, 3.05) is 7.11 Å². The van der Waals surface area contributed by atoms with Gasteiger partial charge in [0.05, 0.1) is 7.11 Å². The standard InChI is InChI=1S/C15H21N3O2S2/c1-11(6-7-14(19)20-3)22-15-17-16-12(2)18(15)9-8-13-5-4-10-21-13/h4-5,10-11H,6-9H2,1-3H3. The molecule has 2 aromatic rings. The summed E-state index contributed by atoms with van der Waals surface area (Å²) >= 11 is 3.44. The Bertz CT molecular complexity index is 596. The lowest BCUT2D eigenvalue weighted by atomic mass is 10.2. The van der Waals surface area contributed by atoms with Crippen molar-refractivity contribution in [2.45, 2.75) is 50.1 Å². The zero-order valence-electron chi connectivity index (χ0n) is 13.1. The highest BCUT2D eigenvalue weighted by Gasteiger charge is 2.14. The average Bonchev–Trinajstić information content (AvgIpc) is 3.13. The first-order chi connectivity index (χ1) is 10.6. The Kier molecular flexibility index (Phi) is 6.45. The molecule has 0 bridgehead atoms. The van der Waals surface area contributed by atoms with Crippen LogP contribution in [0.3, 0.4) is 0 Å². The van der Waals surface area contributed by atoms with Crippen molar-refractivity contribution in [1.29, 1.82) is 0 Å². The Hall–Kier alpha value is -1.34. The van der Waals surface area contributed by atoms with E-state index in [1.807, 2.05) is 6.92 Å². The van der Waals surface area contributed by atoms with Crippen LogP contribution in [0.1, 0.15) is 30.5 Å². The van der Waals surface area contributed by atoms with E-state index < -0.39 is 0 Å². The molecule has 1 unspecified atom stereocenters. The van der Waals surface area contributed by atoms with E-state index in [2.05, 4.69) is 43.9 Å². The third-order valence-electron chi connectivity index (χ3n) is 3.35. The first-order valence-corrected chi connectivity index (χ1v) is 9.01. The number of thiophene rings is 1. The minimum Gasteiger partial charge on any atom is -0.469 e. The zero-order chi connectivity index (χ0) is 15.9. The van der Waals surface area contributed by atoms with Gasteiger partial charge >= 0.3 is 5.97 Å². The topological polar surface area (TPSA) is 57.0 Å². The van der Waals surface area contributed by atoms with Gasteiger partial charge in [-0.25, -0.2) is 0 Å². The van der Waals surface area contributed by atoms with Gasteiger partial charge < -0.3 is 9.30 Å². The van der Waals surface area contributed by atoms with Gasteiger partial charge in [-0.05, 0) is 31.2 Å². The SMILES string of the molecule is COC(=O)CCC(C)Sc1nnc(C)n1CCc1cccs1.